The molecule has 2 rings (SSSR count). The van der Waals surface area contributed by atoms with E-state index in [4.69, 9.17) is 16.3 Å². The Labute approximate surface area is 124 Å². The van der Waals surface area contributed by atoms with Gasteiger partial charge in [0.2, 0.25) is 0 Å². The van der Waals surface area contributed by atoms with Gasteiger partial charge in [-0.2, -0.15) is 0 Å². The zero-order valence-corrected chi connectivity index (χ0v) is 12.8. The standard InChI is InChI=1S/C16H22ClFO2/c1-11-6-8-16(20-2,9-7-11)14(19)10-12-4-3-5-13(17)15(12)18/h3-5,11,14,19H,6-10H2,1-2H3. The van der Waals surface area contributed by atoms with E-state index >= 15 is 0 Å². The van der Waals surface area contributed by atoms with Gasteiger partial charge >= 0.3 is 0 Å². The highest BCUT2D eigenvalue weighted by atomic mass is 35.5. The summed E-state index contributed by atoms with van der Waals surface area (Å²) in [5.74, 6) is 0.219. The maximum atomic E-state index is 13.9. The largest absolute Gasteiger partial charge is 0.390 e. The zero-order chi connectivity index (χ0) is 14.8. The molecule has 1 saturated carbocycles. The second-order valence-corrected chi connectivity index (χ2v) is 6.29. The van der Waals surface area contributed by atoms with E-state index in [0.29, 0.717) is 11.5 Å². The van der Waals surface area contributed by atoms with Gasteiger partial charge < -0.3 is 9.84 Å². The molecule has 20 heavy (non-hydrogen) atoms. The van der Waals surface area contributed by atoms with Crippen LogP contribution in [0.1, 0.15) is 38.2 Å². The van der Waals surface area contributed by atoms with E-state index in [-0.39, 0.29) is 11.4 Å². The smallest absolute Gasteiger partial charge is 0.145 e. The number of rotatable bonds is 4. The lowest BCUT2D eigenvalue weighted by Crippen LogP contribution is -2.48. The predicted molar refractivity (Wildman–Crippen MR) is 78.5 cm³/mol. The quantitative estimate of drug-likeness (QED) is 0.911. The Hall–Kier alpha value is -0.640. The number of aliphatic hydroxyl groups is 1. The van der Waals surface area contributed by atoms with Crippen molar-refractivity contribution in [3.63, 3.8) is 0 Å². The highest BCUT2D eigenvalue weighted by Gasteiger charge is 2.40. The lowest BCUT2D eigenvalue weighted by atomic mass is 9.75. The third-order valence-corrected chi connectivity index (χ3v) is 4.87. The van der Waals surface area contributed by atoms with Crippen LogP contribution in [0.25, 0.3) is 0 Å². The molecule has 1 aromatic rings. The van der Waals surface area contributed by atoms with E-state index in [9.17, 15) is 9.50 Å². The SMILES string of the molecule is COC1(C(O)Cc2cccc(Cl)c2F)CCC(C)CC1. The van der Waals surface area contributed by atoms with Crippen molar-refractivity contribution >= 4 is 11.6 Å². The Morgan fingerprint density at radius 1 is 1.45 bits per heavy atom. The topological polar surface area (TPSA) is 29.5 Å². The third-order valence-electron chi connectivity index (χ3n) is 4.58. The fourth-order valence-corrected chi connectivity index (χ4v) is 3.22. The van der Waals surface area contributed by atoms with Gasteiger partial charge in [0.05, 0.1) is 16.7 Å². The minimum atomic E-state index is -0.715. The van der Waals surface area contributed by atoms with Crippen molar-refractivity contribution in [1.82, 2.24) is 0 Å². The van der Waals surface area contributed by atoms with Crippen LogP contribution in [0.15, 0.2) is 18.2 Å². The summed E-state index contributed by atoms with van der Waals surface area (Å²) >= 11 is 5.78. The molecule has 1 fully saturated rings. The first-order valence-corrected chi connectivity index (χ1v) is 7.52. The summed E-state index contributed by atoms with van der Waals surface area (Å²) < 4.78 is 19.6. The van der Waals surface area contributed by atoms with Gasteiger partial charge in [-0.25, -0.2) is 4.39 Å². The molecule has 0 saturated heterocycles. The fraction of sp³-hybridized carbons (Fsp3) is 0.625. The van der Waals surface area contributed by atoms with E-state index in [1.54, 1.807) is 19.2 Å². The molecule has 2 nitrogen and oxygen atoms in total. The molecule has 0 aromatic heterocycles. The molecular weight excluding hydrogens is 279 g/mol. The first-order valence-electron chi connectivity index (χ1n) is 7.14. The lowest BCUT2D eigenvalue weighted by Gasteiger charge is -2.41. The molecule has 112 valence electrons. The molecule has 1 atom stereocenters. The van der Waals surface area contributed by atoms with Gasteiger partial charge in [-0.05, 0) is 43.2 Å². The van der Waals surface area contributed by atoms with Gasteiger partial charge in [0.1, 0.15) is 5.82 Å². The predicted octanol–water partition coefficient (Wildman–Crippen LogP) is 3.98. The van der Waals surface area contributed by atoms with Crippen LogP contribution in [-0.4, -0.2) is 23.9 Å². The molecule has 0 spiro atoms. The van der Waals surface area contributed by atoms with Gasteiger partial charge in [-0.3, -0.25) is 0 Å². The maximum Gasteiger partial charge on any atom is 0.145 e. The van der Waals surface area contributed by atoms with E-state index in [0.717, 1.165) is 25.7 Å². The van der Waals surface area contributed by atoms with Gasteiger partial charge in [0.25, 0.3) is 0 Å². The van der Waals surface area contributed by atoms with Crippen LogP contribution in [0.3, 0.4) is 0 Å². The van der Waals surface area contributed by atoms with E-state index in [1.807, 2.05) is 0 Å². The minimum Gasteiger partial charge on any atom is -0.390 e. The van der Waals surface area contributed by atoms with Gasteiger partial charge in [0.15, 0.2) is 0 Å². The molecule has 0 bridgehead atoms. The molecule has 0 radical (unpaired) electrons. The van der Waals surface area contributed by atoms with E-state index in [2.05, 4.69) is 6.92 Å². The van der Waals surface area contributed by atoms with Crippen molar-refractivity contribution in [1.29, 1.82) is 0 Å². The summed E-state index contributed by atoms with van der Waals surface area (Å²) in [5, 5.41) is 10.6. The number of ether oxygens (including phenoxy) is 1. The van der Waals surface area contributed by atoms with E-state index in [1.165, 1.54) is 6.07 Å². The van der Waals surface area contributed by atoms with Crippen molar-refractivity contribution in [3.05, 3.63) is 34.6 Å². The summed E-state index contributed by atoms with van der Waals surface area (Å²) in [4.78, 5) is 0. The summed E-state index contributed by atoms with van der Waals surface area (Å²) in [6, 6.07) is 4.89. The average Bonchev–Trinajstić information content (AvgIpc) is 2.45. The molecule has 0 amide bonds. The fourth-order valence-electron chi connectivity index (χ4n) is 3.02. The third kappa shape index (κ3) is 3.16. The highest BCUT2D eigenvalue weighted by Crippen LogP contribution is 2.38. The van der Waals surface area contributed by atoms with Crippen molar-refractivity contribution in [2.45, 2.75) is 50.7 Å². The van der Waals surface area contributed by atoms with Crippen LogP contribution >= 0.6 is 11.6 Å². The van der Waals surface area contributed by atoms with Crippen LogP contribution in [0.5, 0.6) is 0 Å². The highest BCUT2D eigenvalue weighted by molar-refractivity contribution is 6.30. The van der Waals surface area contributed by atoms with Crippen LogP contribution in [0.2, 0.25) is 5.02 Å². The first kappa shape index (κ1) is 15.7. The Balaban J connectivity index is 2.13. The molecule has 1 aliphatic rings. The second kappa shape index (κ2) is 6.42. The van der Waals surface area contributed by atoms with Crippen LogP contribution in [0, 0.1) is 11.7 Å². The molecule has 1 N–H and O–H groups in total. The van der Waals surface area contributed by atoms with Crippen LogP contribution in [0.4, 0.5) is 4.39 Å². The average molecular weight is 301 g/mol. The van der Waals surface area contributed by atoms with Crippen LogP contribution < -0.4 is 0 Å². The van der Waals surface area contributed by atoms with E-state index < -0.39 is 17.5 Å². The summed E-state index contributed by atoms with van der Waals surface area (Å²) in [5.41, 5.74) is -0.110. The Kier molecular flexibility index (Phi) is 5.05. The minimum absolute atomic E-state index is 0.0958. The number of aliphatic hydroxyl groups excluding tert-OH is 1. The summed E-state index contributed by atoms with van der Waals surface area (Å²) in [6.45, 7) is 2.21. The van der Waals surface area contributed by atoms with Gasteiger partial charge in [-0.1, -0.05) is 30.7 Å². The summed E-state index contributed by atoms with van der Waals surface area (Å²) in [6.07, 6.45) is 3.20. The molecule has 1 aliphatic carbocycles. The molecule has 0 aliphatic heterocycles. The zero-order valence-electron chi connectivity index (χ0n) is 12.0. The first-order chi connectivity index (χ1) is 9.48. The Morgan fingerprint density at radius 3 is 2.70 bits per heavy atom. The van der Waals surface area contributed by atoms with Crippen molar-refractivity contribution in [2.75, 3.05) is 7.11 Å². The lowest BCUT2D eigenvalue weighted by molar-refractivity contribution is -0.127. The molecule has 1 unspecified atom stereocenters. The monoisotopic (exact) mass is 300 g/mol. The van der Waals surface area contributed by atoms with Gasteiger partial charge in [0, 0.05) is 13.5 Å². The normalized spacial score (nSPS) is 28.4. The number of benzene rings is 1. The number of halogens is 2. The number of hydrogen-bond donors (Lipinski definition) is 1. The van der Waals surface area contributed by atoms with Crippen molar-refractivity contribution in [2.24, 2.45) is 5.92 Å². The number of methoxy groups -OCH3 is 1. The summed E-state index contributed by atoms with van der Waals surface area (Å²) in [7, 11) is 1.63. The van der Waals surface area contributed by atoms with Crippen molar-refractivity contribution in [3.8, 4) is 0 Å². The molecular formula is C16H22ClFO2. The van der Waals surface area contributed by atoms with Crippen LogP contribution in [-0.2, 0) is 11.2 Å². The maximum absolute atomic E-state index is 13.9. The van der Waals surface area contributed by atoms with Gasteiger partial charge in [-0.15, -0.1) is 0 Å². The number of hydrogen-bond acceptors (Lipinski definition) is 2. The molecule has 0 heterocycles. The Morgan fingerprint density at radius 2 is 2.10 bits per heavy atom. The van der Waals surface area contributed by atoms with Crippen molar-refractivity contribution < 1.29 is 14.2 Å². The molecule has 1 aromatic carbocycles. The molecule has 4 heteroatoms. The Bertz CT molecular complexity index is 456. The second-order valence-electron chi connectivity index (χ2n) is 5.88.